The fourth-order valence-electron chi connectivity index (χ4n) is 1.73. The SMILES string of the molecule is CCCCSc1nnc(Sc2nccc(Oc3ccc(F)cc3)n2)s1. The van der Waals surface area contributed by atoms with Crippen molar-refractivity contribution < 1.29 is 9.13 Å². The number of aromatic nitrogens is 4. The zero-order chi connectivity index (χ0) is 17.5. The summed E-state index contributed by atoms with van der Waals surface area (Å²) in [6, 6.07) is 7.43. The average Bonchev–Trinajstić information content (AvgIpc) is 3.05. The molecular weight excluding hydrogens is 379 g/mol. The van der Waals surface area contributed by atoms with Gasteiger partial charge in [0, 0.05) is 18.0 Å². The molecule has 0 fully saturated rings. The van der Waals surface area contributed by atoms with E-state index in [1.165, 1.54) is 48.1 Å². The van der Waals surface area contributed by atoms with Gasteiger partial charge in [-0.15, -0.1) is 10.2 Å². The van der Waals surface area contributed by atoms with Crippen molar-refractivity contribution in [2.24, 2.45) is 0 Å². The van der Waals surface area contributed by atoms with Gasteiger partial charge in [-0.05, 0) is 42.4 Å². The zero-order valence-corrected chi connectivity index (χ0v) is 15.8. The number of ether oxygens (including phenoxy) is 1. The van der Waals surface area contributed by atoms with E-state index in [1.807, 2.05) is 0 Å². The van der Waals surface area contributed by atoms with E-state index >= 15 is 0 Å². The molecular formula is C16H15FN4OS3. The van der Waals surface area contributed by atoms with E-state index in [0.29, 0.717) is 16.8 Å². The fraction of sp³-hybridized carbons (Fsp3) is 0.250. The Morgan fingerprint density at radius 3 is 2.72 bits per heavy atom. The van der Waals surface area contributed by atoms with E-state index in [-0.39, 0.29) is 5.82 Å². The van der Waals surface area contributed by atoms with Gasteiger partial charge in [-0.1, -0.05) is 36.4 Å². The molecule has 0 saturated carbocycles. The van der Waals surface area contributed by atoms with Gasteiger partial charge in [0.15, 0.2) is 13.8 Å². The molecule has 3 aromatic rings. The molecule has 130 valence electrons. The highest BCUT2D eigenvalue weighted by Crippen LogP contribution is 2.33. The van der Waals surface area contributed by atoms with Crippen LogP contribution in [0, 0.1) is 5.82 Å². The normalized spacial score (nSPS) is 10.8. The van der Waals surface area contributed by atoms with Gasteiger partial charge in [0.1, 0.15) is 11.6 Å². The first-order valence-corrected chi connectivity index (χ1v) is 10.3. The molecule has 1 aromatic carbocycles. The summed E-state index contributed by atoms with van der Waals surface area (Å²) in [5.74, 6) is 1.65. The molecule has 5 nitrogen and oxygen atoms in total. The van der Waals surface area contributed by atoms with Crippen LogP contribution >= 0.6 is 34.9 Å². The topological polar surface area (TPSA) is 60.8 Å². The lowest BCUT2D eigenvalue weighted by Gasteiger charge is -2.04. The van der Waals surface area contributed by atoms with Gasteiger partial charge in [-0.25, -0.2) is 9.37 Å². The zero-order valence-electron chi connectivity index (χ0n) is 13.4. The Labute approximate surface area is 157 Å². The van der Waals surface area contributed by atoms with Gasteiger partial charge in [-0.2, -0.15) is 4.98 Å². The second kappa shape index (κ2) is 9.12. The number of hydrogen-bond donors (Lipinski definition) is 0. The molecule has 0 N–H and O–H groups in total. The minimum absolute atomic E-state index is 0.310. The lowest BCUT2D eigenvalue weighted by Crippen LogP contribution is -1.91. The van der Waals surface area contributed by atoms with E-state index in [0.717, 1.165) is 14.4 Å². The molecule has 0 saturated heterocycles. The molecule has 25 heavy (non-hydrogen) atoms. The number of unbranched alkanes of at least 4 members (excludes halogenated alkanes) is 1. The number of benzene rings is 1. The number of halogens is 1. The first-order valence-electron chi connectivity index (χ1n) is 7.63. The Morgan fingerprint density at radius 2 is 1.92 bits per heavy atom. The first-order chi connectivity index (χ1) is 12.2. The van der Waals surface area contributed by atoms with E-state index in [2.05, 4.69) is 27.1 Å². The minimum Gasteiger partial charge on any atom is -0.439 e. The van der Waals surface area contributed by atoms with E-state index in [4.69, 9.17) is 4.74 Å². The monoisotopic (exact) mass is 394 g/mol. The van der Waals surface area contributed by atoms with Crippen molar-refractivity contribution in [1.82, 2.24) is 20.2 Å². The van der Waals surface area contributed by atoms with Gasteiger partial charge in [-0.3, -0.25) is 0 Å². The largest absolute Gasteiger partial charge is 0.439 e. The summed E-state index contributed by atoms with van der Waals surface area (Å²) in [6.45, 7) is 2.17. The number of hydrogen-bond acceptors (Lipinski definition) is 8. The van der Waals surface area contributed by atoms with Crippen molar-refractivity contribution in [3.05, 3.63) is 42.3 Å². The van der Waals surface area contributed by atoms with Crippen LogP contribution in [-0.2, 0) is 0 Å². The van der Waals surface area contributed by atoms with E-state index < -0.39 is 0 Å². The molecule has 0 amide bonds. The maximum absolute atomic E-state index is 12.9. The van der Waals surface area contributed by atoms with Crippen LogP contribution in [0.5, 0.6) is 11.6 Å². The van der Waals surface area contributed by atoms with Crippen LogP contribution in [0.2, 0.25) is 0 Å². The lowest BCUT2D eigenvalue weighted by atomic mass is 10.3. The summed E-state index contributed by atoms with van der Waals surface area (Å²) in [4.78, 5) is 8.56. The molecule has 0 aliphatic rings. The molecule has 3 rings (SSSR count). The van der Waals surface area contributed by atoms with Crippen LogP contribution in [0.3, 0.4) is 0 Å². The van der Waals surface area contributed by atoms with Gasteiger partial charge in [0.2, 0.25) is 5.88 Å². The molecule has 0 aliphatic carbocycles. The van der Waals surface area contributed by atoms with Crippen LogP contribution in [0.15, 0.2) is 50.4 Å². The fourth-order valence-corrected chi connectivity index (χ4v) is 4.75. The van der Waals surface area contributed by atoms with Crippen molar-refractivity contribution in [2.45, 2.75) is 33.6 Å². The van der Waals surface area contributed by atoms with Crippen molar-refractivity contribution >= 4 is 34.9 Å². The number of thioether (sulfide) groups is 1. The van der Waals surface area contributed by atoms with Crippen molar-refractivity contribution in [3.63, 3.8) is 0 Å². The first kappa shape index (κ1) is 18.1. The Kier molecular flexibility index (Phi) is 6.60. The average molecular weight is 395 g/mol. The molecule has 0 unspecified atom stereocenters. The van der Waals surface area contributed by atoms with Gasteiger partial charge in [0.25, 0.3) is 0 Å². The molecule has 0 bridgehead atoms. The highest BCUT2D eigenvalue weighted by Gasteiger charge is 2.10. The third kappa shape index (κ3) is 5.65. The summed E-state index contributed by atoms with van der Waals surface area (Å²) in [5.41, 5.74) is 0. The Bertz CT molecular complexity index is 813. The summed E-state index contributed by atoms with van der Waals surface area (Å²) < 4.78 is 20.3. The summed E-state index contributed by atoms with van der Waals surface area (Å²) in [5, 5.41) is 8.86. The molecule has 0 aliphatic heterocycles. The van der Waals surface area contributed by atoms with E-state index in [9.17, 15) is 4.39 Å². The van der Waals surface area contributed by atoms with Crippen LogP contribution < -0.4 is 4.74 Å². The maximum atomic E-state index is 12.9. The van der Waals surface area contributed by atoms with Crippen LogP contribution in [-0.4, -0.2) is 25.9 Å². The van der Waals surface area contributed by atoms with Gasteiger partial charge >= 0.3 is 0 Å². The Hall–Kier alpha value is -1.71. The summed E-state index contributed by atoms with van der Waals surface area (Å²) in [7, 11) is 0. The standard InChI is InChI=1S/C16H15FN4OS3/c1-2-3-10-23-15-20-21-16(25-15)24-14-18-9-8-13(19-14)22-12-6-4-11(17)5-7-12/h4-9H,2-3,10H2,1H3. The Balaban J connectivity index is 1.62. The predicted molar refractivity (Wildman–Crippen MR) is 98.2 cm³/mol. The summed E-state index contributed by atoms with van der Waals surface area (Å²) >= 11 is 4.59. The smallest absolute Gasteiger partial charge is 0.223 e. The highest BCUT2D eigenvalue weighted by atomic mass is 32.2. The van der Waals surface area contributed by atoms with Crippen LogP contribution in [0.4, 0.5) is 4.39 Å². The van der Waals surface area contributed by atoms with Crippen LogP contribution in [0.25, 0.3) is 0 Å². The lowest BCUT2D eigenvalue weighted by molar-refractivity contribution is 0.454. The number of nitrogens with zero attached hydrogens (tertiary/aromatic N) is 4. The van der Waals surface area contributed by atoms with Gasteiger partial charge < -0.3 is 4.74 Å². The predicted octanol–water partition coefficient (Wildman–Crippen LogP) is 5.30. The molecule has 9 heteroatoms. The quantitative estimate of drug-likeness (QED) is 0.292. The molecule has 2 heterocycles. The maximum Gasteiger partial charge on any atom is 0.223 e. The second-order valence-corrected chi connectivity index (χ2v) is 8.41. The van der Waals surface area contributed by atoms with Crippen molar-refractivity contribution in [1.29, 1.82) is 0 Å². The Morgan fingerprint density at radius 1 is 1.12 bits per heavy atom. The third-order valence-corrected chi connectivity index (χ3v) is 6.01. The molecule has 2 aromatic heterocycles. The highest BCUT2D eigenvalue weighted by molar-refractivity contribution is 8.03. The summed E-state index contributed by atoms with van der Waals surface area (Å²) in [6.07, 6.45) is 3.95. The molecule has 0 radical (unpaired) electrons. The van der Waals surface area contributed by atoms with Crippen LogP contribution in [0.1, 0.15) is 19.8 Å². The van der Waals surface area contributed by atoms with Gasteiger partial charge in [0.05, 0.1) is 0 Å². The third-order valence-electron chi connectivity index (χ3n) is 2.93. The van der Waals surface area contributed by atoms with Crippen molar-refractivity contribution in [2.75, 3.05) is 5.75 Å². The molecule has 0 atom stereocenters. The molecule has 0 spiro atoms. The van der Waals surface area contributed by atoms with Crippen molar-refractivity contribution in [3.8, 4) is 11.6 Å². The van der Waals surface area contributed by atoms with E-state index in [1.54, 1.807) is 36.2 Å². The second-order valence-electron chi connectivity index (χ2n) is 4.87. The number of rotatable bonds is 8. The minimum atomic E-state index is -0.310.